The fourth-order valence-electron chi connectivity index (χ4n) is 2.26. The van der Waals surface area contributed by atoms with Crippen LogP contribution < -0.4 is 10.1 Å². The van der Waals surface area contributed by atoms with E-state index < -0.39 is 18.9 Å². The summed E-state index contributed by atoms with van der Waals surface area (Å²) in [7, 11) is 0. The molecule has 2 rings (SSSR count). The summed E-state index contributed by atoms with van der Waals surface area (Å²) in [4.78, 5) is 0. The summed E-state index contributed by atoms with van der Waals surface area (Å²) in [6.07, 6.45) is -2.33. The predicted molar refractivity (Wildman–Crippen MR) is 67.6 cm³/mol. The summed E-state index contributed by atoms with van der Waals surface area (Å²) in [5.41, 5.74) is 1.85. The fraction of sp³-hybridized carbons (Fsp3) is 0.571. The third-order valence-electron chi connectivity index (χ3n) is 3.43. The molecule has 1 atom stereocenters. The van der Waals surface area contributed by atoms with Gasteiger partial charge in [-0.3, -0.25) is 0 Å². The molecule has 1 heterocycles. The Bertz CT molecular complexity index is 464. The van der Waals surface area contributed by atoms with Gasteiger partial charge in [-0.15, -0.1) is 0 Å². The maximum atomic E-state index is 12.9. The van der Waals surface area contributed by atoms with Gasteiger partial charge in [0.2, 0.25) is 0 Å². The Kier molecular flexibility index (Phi) is 4.52. The second kappa shape index (κ2) is 5.99. The molecule has 2 nitrogen and oxygen atoms in total. The molecule has 112 valence electrons. The molecule has 0 saturated heterocycles. The molecule has 1 aromatic rings. The maximum absolute atomic E-state index is 12.9. The van der Waals surface area contributed by atoms with Crippen LogP contribution in [0.4, 0.5) is 17.6 Å². The van der Waals surface area contributed by atoms with E-state index in [1.54, 1.807) is 12.1 Å². The Labute approximate surface area is 115 Å². The van der Waals surface area contributed by atoms with Crippen LogP contribution in [0.5, 0.6) is 5.75 Å². The van der Waals surface area contributed by atoms with Crippen LogP contribution in [0, 0.1) is 0 Å². The number of rotatable bonds is 6. The lowest BCUT2D eigenvalue weighted by Crippen LogP contribution is -2.40. The van der Waals surface area contributed by atoms with E-state index in [-0.39, 0.29) is 6.04 Å². The van der Waals surface area contributed by atoms with Crippen molar-refractivity contribution in [2.45, 2.75) is 38.2 Å². The number of nitrogens with one attached hydrogen (secondary N) is 1. The average Bonchev–Trinajstić information content (AvgIpc) is 2.86. The Morgan fingerprint density at radius 3 is 2.75 bits per heavy atom. The average molecular weight is 291 g/mol. The zero-order valence-corrected chi connectivity index (χ0v) is 11.1. The van der Waals surface area contributed by atoms with Gasteiger partial charge in [-0.1, -0.05) is 19.1 Å². The van der Waals surface area contributed by atoms with Gasteiger partial charge in [0.15, 0.2) is 0 Å². The van der Waals surface area contributed by atoms with Gasteiger partial charge in [0.05, 0.1) is 13.2 Å². The third kappa shape index (κ3) is 3.23. The van der Waals surface area contributed by atoms with E-state index in [2.05, 4.69) is 5.32 Å². The van der Waals surface area contributed by atoms with Crippen LogP contribution in [0.15, 0.2) is 18.2 Å². The molecule has 0 amide bonds. The first kappa shape index (κ1) is 15.1. The van der Waals surface area contributed by atoms with Crippen LogP contribution in [0.1, 0.15) is 30.5 Å². The largest absolute Gasteiger partial charge is 0.493 e. The number of fused-ring (bicyclic) bond motifs is 1. The van der Waals surface area contributed by atoms with E-state index >= 15 is 0 Å². The van der Waals surface area contributed by atoms with Gasteiger partial charge in [-0.05, 0) is 23.6 Å². The predicted octanol–water partition coefficient (Wildman–Crippen LogP) is 3.56. The number of hydrogen-bond acceptors (Lipinski definition) is 2. The van der Waals surface area contributed by atoms with Crippen LogP contribution in [0.2, 0.25) is 0 Å². The van der Waals surface area contributed by atoms with Gasteiger partial charge in [0.25, 0.3) is 0 Å². The Morgan fingerprint density at radius 2 is 2.10 bits per heavy atom. The quantitative estimate of drug-likeness (QED) is 0.809. The van der Waals surface area contributed by atoms with Crippen molar-refractivity contribution in [3.63, 3.8) is 0 Å². The van der Waals surface area contributed by atoms with Crippen LogP contribution in [-0.2, 0) is 6.42 Å². The topological polar surface area (TPSA) is 21.3 Å². The van der Waals surface area contributed by atoms with E-state index in [1.165, 1.54) is 0 Å². The summed E-state index contributed by atoms with van der Waals surface area (Å²) in [5, 5.41) is 2.53. The van der Waals surface area contributed by atoms with Crippen molar-refractivity contribution < 1.29 is 22.3 Å². The molecule has 0 fully saturated rings. The zero-order chi connectivity index (χ0) is 14.8. The van der Waals surface area contributed by atoms with E-state index in [9.17, 15) is 17.6 Å². The fourth-order valence-corrected chi connectivity index (χ4v) is 2.26. The van der Waals surface area contributed by atoms with Crippen LogP contribution in [0.25, 0.3) is 0 Å². The van der Waals surface area contributed by atoms with Crippen molar-refractivity contribution in [3.05, 3.63) is 29.3 Å². The first-order valence-corrected chi connectivity index (χ1v) is 6.59. The summed E-state index contributed by atoms with van der Waals surface area (Å²) >= 11 is 0. The first-order valence-electron chi connectivity index (χ1n) is 6.59. The molecule has 1 aliphatic rings. The van der Waals surface area contributed by atoms with E-state index in [0.29, 0.717) is 13.0 Å². The van der Waals surface area contributed by atoms with Crippen molar-refractivity contribution in [3.8, 4) is 5.75 Å². The highest BCUT2D eigenvalue weighted by molar-refractivity contribution is 5.40. The molecule has 0 aliphatic carbocycles. The van der Waals surface area contributed by atoms with Gasteiger partial charge in [0, 0.05) is 12.5 Å². The molecule has 20 heavy (non-hydrogen) atoms. The van der Waals surface area contributed by atoms with Gasteiger partial charge < -0.3 is 10.1 Å². The number of halogens is 4. The van der Waals surface area contributed by atoms with Crippen LogP contribution >= 0.6 is 0 Å². The molecule has 0 bridgehead atoms. The number of ether oxygens (including phenoxy) is 1. The zero-order valence-electron chi connectivity index (χ0n) is 11.1. The Hall–Kier alpha value is -1.30. The summed E-state index contributed by atoms with van der Waals surface area (Å²) in [5.74, 6) is -3.20. The highest BCUT2D eigenvalue weighted by Crippen LogP contribution is 2.30. The smallest absolute Gasteiger partial charge is 0.319 e. The molecule has 1 aliphatic heterocycles. The van der Waals surface area contributed by atoms with E-state index in [1.807, 2.05) is 13.0 Å². The first-order chi connectivity index (χ1) is 9.44. The van der Waals surface area contributed by atoms with Gasteiger partial charge in [-0.2, -0.15) is 8.78 Å². The van der Waals surface area contributed by atoms with E-state index in [4.69, 9.17) is 4.74 Å². The summed E-state index contributed by atoms with van der Waals surface area (Å²) in [6.45, 7) is 1.41. The Balaban J connectivity index is 2.05. The standard InChI is InChI=1S/C14H17F4NO/c1-2-11(19-8-14(17,18)13(15)16)9-3-4-12-10(7-9)5-6-20-12/h3-4,7,11,13,19H,2,5-6,8H2,1H3. The summed E-state index contributed by atoms with van der Waals surface area (Å²) < 4.78 is 55.6. The van der Waals surface area contributed by atoms with Gasteiger partial charge >= 0.3 is 12.3 Å². The summed E-state index contributed by atoms with van der Waals surface area (Å²) in [6, 6.07) is 5.11. The maximum Gasteiger partial charge on any atom is 0.319 e. The number of alkyl halides is 4. The minimum absolute atomic E-state index is 0.370. The lowest BCUT2D eigenvalue weighted by Gasteiger charge is -2.22. The second-order valence-electron chi connectivity index (χ2n) is 4.87. The molecule has 0 aromatic heterocycles. The van der Waals surface area contributed by atoms with Crippen molar-refractivity contribution in [1.29, 1.82) is 0 Å². The monoisotopic (exact) mass is 291 g/mol. The van der Waals surface area contributed by atoms with E-state index in [0.717, 1.165) is 23.3 Å². The van der Waals surface area contributed by atoms with Crippen molar-refractivity contribution in [2.75, 3.05) is 13.2 Å². The highest BCUT2D eigenvalue weighted by Gasteiger charge is 2.40. The molecule has 1 unspecified atom stereocenters. The number of benzene rings is 1. The van der Waals surface area contributed by atoms with Crippen molar-refractivity contribution >= 4 is 0 Å². The van der Waals surface area contributed by atoms with Crippen molar-refractivity contribution in [2.24, 2.45) is 0 Å². The molecule has 0 spiro atoms. The van der Waals surface area contributed by atoms with Gasteiger partial charge in [0.1, 0.15) is 5.75 Å². The molecule has 1 aromatic carbocycles. The molecular formula is C14H17F4NO. The molecule has 0 radical (unpaired) electrons. The highest BCUT2D eigenvalue weighted by atomic mass is 19.3. The van der Waals surface area contributed by atoms with Gasteiger partial charge in [-0.25, -0.2) is 8.78 Å². The number of hydrogen-bond donors (Lipinski definition) is 1. The van der Waals surface area contributed by atoms with Crippen LogP contribution in [-0.4, -0.2) is 25.5 Å². The minimum atomic E-state index is -4.01. The molecule has 1 N–H and O–H groups in total. The SMILES string of the molecule is CCC(NCC(F)(F)C(F)F)c1ccc2c(c1)CCO2. The lowest BCUT2D eigenvalue weighted by atomic mass is 10.0. The van der Waals surface area contributed by atoms with Crippen molar-refractivity contribution in [1.82, 2.24) is 5.32 Å². The normalized spacial score (nSPS) is 16.1. The molecule has 0 saturated carbocycles. The minimum Gasteiger partial charge on any atom is -0.493 e. The molecular weight excluding hydrogens is 274 g/mol. The second-order valence-corrected chi connectivity index (χ2v) is 4.87. The molecule has 6 heteroatoms. The third-order valence-corrected chi connectivity index (χ3v) is 3.43. The Morgan fingerprint density at radius 1 is 1.35 bits per heavy atom. The van der Waals surface area contributed by atoms with Crippen LogP contribution in [0.3, 0.4) is 0 Å². The lowest BCUT2D eigenvalue weighted by molar-refractivity contribution is -0.126.